The molecule has 0 bridgehead atoms. The molecule has 1 aliphatic rings. The number of hydrogen-bond acceptors (Lipinski definition) is 4. The molecule has 0 spiro atoms. The molecule has 1 saturated heterocycles. The molecule has 1 aliphatic heterocycles. The summed E-state index contributed by atoms with van der Waals surface area (Å²) in [6, 6.07) is 16.2. The summed E-state index contributed by atoms with van der Waals surface area (Å²) in [4.78, 5) is 3.40. The van der Waals surface area contributed by atoms with Crippen LogP contribution in [0.15, 0.2) is 54.6 Å². The van der Waals surface area contributed by atoms with E-state index in [1.165, 1.54) is 0 Å². The minimum atomic E-state index is -0.857. The number of hydroxylamine groups is 4. The van der Waals surface area contributed by atoms with Crippen LogP contribution in [-0.4, -0.2) is 21.2 Å². The largest absolute Gasteiger partial charge is 0.757 e. The Labute approximate surface area is 152 Å². The summed E-state index contributed by atoms with van der Waals surface area (Å²) in [6.07, 6.45) is 0. The molecule has 0 N–H and O–H groups in total. The van der Waals surface area contributed by atoms with Gasteiger partial charge < -0.3 is 10.3 Å². The number of diazo groups is 1. The average molecular weight is 349 g/mol. The first-order valence-corrected chi connectivity index (χ1v) is 8.42. The maximum absolute atomic E-state index is 12.7. The molecule has 0 aliphatic carbocycles. The van der Waals surface area contributed by atoms with E-state index in [0.717, 1.165) is 15.7 Å². The van der Waals surface area contributed by atoms with Gasteiger partial charge in [0, 0.05) is 5.22 Å². The first-order valence-electron chi connectivity index (χ1n) is 8.42. The van der Waals surface area contributed by atoms with E-state index in [-0.39, 0.29) is 5.82 Å². The van der Waals surface area contributed by atoms with E-state index in [1.807, 2.05) is 30.3 Å². The van der Waals surface area contributed by atoms with Crippen molar-refractivity contribution in [2.45, 2.75) is 38.8 Å². The van der Waals surface area contributed by atoms with Crippen LogP contribution in [0.2, 0.25) is 0 Å². The SMILES string of the molecule is CC1(C)N([O])C(=c2ccc(=C([N+]#N)c3ccccc3)cc2)N([O-])C1(C)C. The zero-order valence-corrected chi connectivity index (χ0v) is 15.3. The van der Waals surface area contributed by atoms with Crippen LogP contribution in [-0.2, 0) is 5.21 Å². The van der Waals surface area contributed by atoms with Crippen LogP contribution >= 0.6 is 0 Å². The van der Waals surface area contributed by atoms with E-state index < -0.39 is 11.1 Å². The molecule has 0 aromatic heterocycles. The Morgan fingerprint density at radius 2 is 1.54 bits per heavy atom. The monoisotopic (exact) mass is 349 g/mol. The van der Waals surface area contributed by atoms with E-state index in [4.69, 9.17) is 0 Å². The number of rotatable bonds is 1. The molecule has 6 nitrogen and oxygen atoms in total. The second kappa shape index (κ2) is 6.13. The molecule has 3 rings (SSSR count). The molecule has 0 unspecified atom stereocenters. The van der Waals surface area contributed by atoms with Gasteiger partial charge in [-0.05, 0) is 52.0 Å². The summed E-state index contributed by atoms with van der Waals surface area (Å²) < 4.78 is 0. The molecular formula is C20H21N4O2. The molecule has 0 atom stereocenters. The van der Waals surface area contributed by atoms with Gasteiger partial charge in [0.05, 0.1) is 21.9 Å². The summed E-state index contributed by atoms with van der Waals surface area (Å²) in [6.45, 7) is 7.05. The van der Waals surface area contributed by atoms with Crippen molar-refractivity contribution in [1.82, 2.24) is 10.1 Å². The maximum atomic E-state index is 12.7. The van der Waals surface area contributed by atoms with Gasteiger partial charge in [-0.1, -0.05) is 35.5 Å². The summed E-state index contributed by atoms with van der Waals surface area (Å²) in [5.41, 5.74) is -0.517. The van der Waals surface area contributed by atoms with E-state index in [2.05, 4.69) is 4.98 Å². The van der Waals surface area contributed by atoms with Crippen molar-refractivity contribution in [2.75, 3.05) is 0 Å². The Hall–Kier alpha value is -2.88. The van der Waals surface area contributed by atoms with Crippen LogP contribution in [0.3, 0.4) is 0 Å². The lowest BCUT2D eigenvalue weighted by Gasteiger charge is -2.43. The number of hydrogen-bond donors (Lipinski definition) is 0. The minimum Gasteiger partial charge on any atom is -0.757 e. The molecule has 6 heteroatoms. The summed E-state index contributed by atoms with van der Waals surface area (Å²) in [5, 5.41) is 37.6. The number of benzene rings is 2. The topological polar surface area (TPSA) is 77.6 Å². The van der Waals surface area contributed by atoms with E-state index in [1.54, 1.807) is 52.0 Å². The second-order valence-corrected chi connectivity index (χ2v) is 7.42. The Balaban J connectivity index is 2.18. The van der Waals surface area contributed by atoms with Gasteiger partial charge in [-0.15, -0.1) is 0 Å². The lowest BCUT2D eigenvalue weighted by Crippen LogP contribution is -2.51. The Morgan fingerprint density at radius 1 is 0.962 bits per heavy atom. The Bertz CT molecular complexity index is 945. The van der Waals surface area contributed by atoms with Crippen molar-refractivity contribution in [1.29, 1.82) is 5.39 Å². The van der Waals surface area contributed by atoms with Crippen molar-refractivity contribution >= 4 is 11.5 Å². The van der Waals surface area contributed by atoms with Gasteiger partial charge in [0.25, 0.3) is 0 Å². The van der Waals surface area contributed by atoms with Crippen molar-refractivity contribution in [2.24, 2.45) is 0 Å². The van der Waals surface area contributed by atoms with Crippen molar-refractivity contribution in [3.63, 3.8) is 0 Å². The third-order valence-corrected chi connectivity index (χ3v) is 5.46. The van der Waals surface area contributed by atoms with Crippen LogP contribution in [0.5, 0.6) is 0 Å². The zero-order valence-electron chi connectivity index (χ0n) is 15.3. The molecule has 133 valence electrons. The minimum absolute atomic E-state index is 0.0914. The molecule has 2 aromatic carbocycles. The third kappa shape index (κ3) is 2.53. The van der Waals surface area contributed by atoms with Crippen molar-refractivity contribution in [3.05, 3.63) is 80.8 Å². The zero-order chi connectivity index (χ0) is 19.1. The van der Waals surface area contributed by atoms with E-state index in [0.29, 0.717) is 16.1 Å². The highest BCUT2D eigenvalue weighted by Gasteiger charge is 2.52. The molecule has 0 amide bonds. The highest BCUT2D eigenvalue weighted by Crippen LogP contribution is 2.43. The smallest absolute Gasteiger partial charge is 0.399 e. The standard InChI is InChI=1S/C20H21N4O2/c1-19(2)20(3,4)24(26)18(23(19)25)16-12-10-15(11-13-16)17(22-21)14-8-6-5-7-9-14/h5-13H,1-4H3. The van der Waals surface area contributed by atoms with Gasteiger partial charge in [0.15, 0.2) is 4.98 Å². The molecule has 1 radical (unpaired) electrons. The number of nitrogens with zero attached hydrogens (tertiary/aromatic N) is 4. The van der Waals surface area contributed by atoms with Crippen LogP contribution in [0, 0.1) is 10.6 Å². The molecule has 1 heterocycles. The van der Waals surface area contributed by atoms with Gasteiger partial charge in [-0.3, -0.25) is 0 Å². The highest BCUT2D eigenvalue weighted by atomic mass is 16.6. The van der Waals surface area contributed by atoms with Crippen molar-refractivity contribution < 1.29 is 5.21 Å². The molecule has 1 fully saturated rings. The summed E-state index contributed by atoms with van der Waals surface area (Å²) in [5.74, 6) is 0.0914. The highest BCUT2D eigenvalue weighted by molar-refractivity contribution is 5.69. The van der Waals surface area contributed by atoms with E-state index >= 15 is 0 Å². The fraction of sp³-hybridized carbons (Fsp3) is 0.300. The van der Waals surface area contributed by atoms with Crippen molar-refractivity contribution in [3.8, 4) is 0 Å². The van der Waals surface area contributed by atoms with Crippen LogP contribution < -0.4 is 10.4 Å². The predicted octanol–water partition coefficient (Wildman–Crippen LogP) is 2.78. The first kappa shape index (κ1) is 17.9. The lowest BCUT2D eigenvalue weighted by atomic mass is 9.84. The average Bonchev–Trinajstić information content (AvgIpc) is 2.75. The van der Waals surface area contributed by atoms with Crippen LogP contribution in [0.4, 0.5) is 0 Å². The normalized spacial score (nSPS) is 18.0. The molecular weight excluding hydrogens is 328 g/mol. The fourth-order valence-corrected chi connectivity index (χ4v) is 3.00. The summed E-state index contributed by atoms with van der Waals surface area (Å²) in [7, 11) is 0. The third-order valence-electron chi connectivity index (χ3n) is 5.46. The van der Waals surface area contributed by atoms with Gasteiger partial charge in [0.1, 0.15) is 5.82 Å². The quantitative estimate of drug-likeness (QED) is 0.742. The molecule has 26 heavy (non-hydrogen) atoms. The Morgan fingerprint density at radius 3 is 2.00 bits per heavy atom. The van der Waals surface area contributed by atoms with Gasteiger partial charge in [-0.2, -0.15) is 5.06 Å². The van der Waals surface area contributed by atoms with Crippen LogP contribution in [0.25, 0.3) is 16.5 Å². The van der Waals surface area contributed by atoms with E-state index in [9.17, 15) is 15.8 Å². The lowest BCUT2D eigenvalue weighted by molar-refractivity contribution is -0.164. The fourth-order valence-electron chi connectivity index (χ4n) is 3.00. The van der Waals surface area contributed by atoms with Gasteiger partial charge >= 0.3 is 5.70 Å². The molecule has 0 saturated carbocycles. The maximum Gasteiger partial charge on any atom is 0.399 e. The first-order chi connectivity index (χ1) is 12.2. The molecule has 2 aromatic rings. The summed E-state index contributed by atoms with van der Waals surface area (Å²) >= 11 is 0. The Kier molecular flexibility index (Phi) is 4.23. The van der Waals surface area contributed by atoms with Gasteiger partial charge in [0.2, 0.25) is 5.39 Å². The predicted molar refractivity (Wildman–Crippen MR) is 99.0 cm³/mol. The second-order valence-electron chi connectivity index (χ2n) is 7.42. The van der Waals surface area contributed by atoms with Gasteiger partial charge in [-0.25, -0.2) is 0 Å². The van der Waals surface area contributed by atoms with Crippen LogP contribution in [0.1, 0.15) is 33.3 Å².